The quantitative estimate of drug-likeness (QED) is 0.330. The zero-order valence-electron chi connectivity index (χ0n) is 16.1. The Bertz CT molecular complexity index is 636. The molecule has 3 N–H and O–H groups in total. The van der Waals surface area contributed by atoms with Crippen molar-refractivity contribution in [1.29, 1.82) is 0 Å². The molecule has 3 fully saturated rings. The molecule has 4 rings (SSSR count). The maximum absolute atomic E-state index is 9.79. The van der Waals surface area contributed by atoms with Crippen LogP contribution in [0.2, 0.25) is 0 Å². The molecule has 150 valence electrons. The average Bonchev–Trinajstić information content (AvgIpc) is 3.04. The predicted molar refractivity (Wildman–Crippen MR) is 119 cm³/mol. The first-order valence-electron chi connectivity index (χ1n) is 10.1. The minimum atomic E-state index is 0. The van der Waals surface area contributed by atoms with E-state index in [2.05, 4.69) is 29.7 Å². The van der Waals surface area contributed by atoms with Crippen molar-refractivity contribution in [3.63, 3.8) is 0 Å². The van der Waals surface area contributed by atoms with Crippen LogP contribution in [0.25, 0.3) is 0 Å². The van der Waals surface area contributed by atoms with Crippen LogP contribution in [0.15, 0.2) is 35.3 Å². The van der Waals surface area contributed by atoms with Gasteiger partial charge >= 0.3 is 0 Å². The number of aliphatic imine (C=N–C) groups is 1. The molecule has 6 heteroatoms. The molecular weight excluding hydrogens is 453 g/mol. The van der Waals surface area contributed by atoms with Gasteiger partial charge in [0, 0.05) is 36.4 Å². The van der Waals surface area contributed by atoms with E-state index in [1.54, 1.807) is 0 Å². The fourth-order valence-corrected chi connectivity index (χ4v) is 5.12. The van der Waals surface area contributed by atoms with Crippen molar-refractivity contribution in [3.05, 3.63) is 35.9 Å². The standard InChI is InChI=1S/C21H31N3O2.HI/c1-2-22-20(23-13-16(14-25)15-7-4-3-5-8-15)24-18-17-9-12-26-19(17)21(18)10-6-11-21;/h3-5,7-8,16-19,25H,2,6,9-14H2,1H3,(H2,22,23,24);1H. The molecule has 1 aromatic rings. The molecule has 2 saturated carbocycles. The Balaban J connectivity index is 0.00000210. The van der Waals surface area contributed by atoms with Crippen molar-refractivity contribution in [2.45, 2.75) is 50.7 Å². The van der Waals surface area contributed by atoms with Gasteiger partial charge in [-0.2, -0.15) is 0 Å². The smallest absolute Gasteiger partial charge is 0.191 e. The van der Waals surface area contributed by atoms with E-state index >= 15 is 0 Å². The van der Waals surface area contributed by atoms with Crippen LogP contribution in [0, 0.1) is 11.3 Å². The van der Waals surface area contributed by atoms with Crippen molar-refractivity contribution in [2.75, 3.05) is 26.3 Å². The van der Waals surface area contributed by atoms with Crippen molar-refractivity contribution in [3.8, 4) is 0 Å². The second-order valence-electron chi connectivity index (χ2n) is 7.96. The van der Waals surface area contributed by atoms with Crippen LogP contribution in [0.1, 0.15) is 44.1 Å². The summed E-state index contributed by atoms with van der Waals surface area (Å²) in [5.41, 5.74) is 1.48. The molecule has 1 aliphatic heterocycles. The summed E-state index contributed by atoms with van der Waals surface area (Å²) in [4.78, 5) is 4.81. The lowest BCUT2D eigenvalue weighted by Gasteiger charge is -2.63. The molecule has 0 aromatic heterocycles. The molecule has 0 radical (unpaired) electrons. The van der Waals surface area contributed by atoms with Gasteiger partial charge in [-0.3, -0.25) is 4.99 Å². The summed E-state index contributed by atoms with van der Waals surface area (Å²) in [6.07, 6.45) is 5.49. The number of nitrogens with one attached hydrogen (secondary N) is 2. The number of guanidine groups is 1. The van der Waals surface area contributed by atoms with Crippen LogP contribution in [0.3, 0.4) is 0 Å². The van der Waals surface area contributed by atoms with Crippen molar-refractivity contribution in [1.82, 2.24) is 10.6 Å². The minimum absolute atomic E-state index is 0. The Labute approximate surface area is 179 Å². The normalized spacial score (nSPS) is 29.1. The largest absolute Gasteiger partial charge is 0.396 e. The van der Waals surface area contributed by atoms with Crippen molar-refractivity contribution < 1.29 is 9.84 Å². The van der Waals surface area contributed by atoms with Crippen LogP contribution < -0.4 is 10.6 Å². The average molecular weight is 485 g/mol. The number of aliphatic hydroxyl groups is 1. The monoisotopic (exact) mass is 485 g/mol. The van der Waals surface area contributed by atoms with E-state index in [1.165, 1.54) is 19.3 Å². The molecule has 5 nitrogen and oxygen atoms in total. The molecule has 1 saturated heterocycles. The van der Waals surface area contributed by atoms with Gasteiger partial charge in [0.1, 0.15) is 0 Å². The van der Waals surface area contributed by atoms with E-state index in [0.29, 0.717) is 30.0 Å². The van der Waals surface area contributed by atoms with Crippen LogP contribution in [-0.2, 0) is 4.74 Å². The maximum atomic E-state index is 9.79. The third-order valence-corrected chi connectivity index (χ3v) is 6.63. The highest BCUT2D eigenvalue weighted by molar-refractivity contribution is 14.0. The number of halogens is 1. The van der Waals surface area contributed by atoms with Gasteiger partial charge in [-0.25, -0.2) is 0 Å². The highest BCUT2D eigenvalue weighted by Gasteiger charge is 2.66. The van der Waals surface area contributed by atoms with Gasteiger partial charge in [0.05, 0.1) is 19.3 Å². The molecule has 0 bridgehead atoms. The fourth-order valence-electron chi connectivity index (χ4n) is 5.12. The van der Waals surface area contributed by atoms with E-state index in [4.69, 9.17) is 9.73 Å². The topological polar surface area (TPSA) is 65.9 Å². The minimum Gasteiger partial charge on any atom is -0.396 e. The molecule has 1 aromatic carbocycles. The second-order valence-corrected chi connectivity index (χ2v) is 7.96. The number of nitrogens with zero attached hydrogens (tertiary/aromatic N) is 1. The van der Waals surface area contributed by atoms with Crippen LogP contribution in [0.5, 0.6) is 0 Å². The van der Waals surface area contributed by atoms with Gasteiger partial charge in [-0.1, -0.05) is 36.8 Å². The lowest BCUT2D eigenvalue weighted by atomic mass is 9.46. The lowest BCUT2D eigenvalue weighted by Crippen LogP contribution is -2.72. The van der Waals surface area contributed by atoms with Gasteiger partial charge in [0.15, 0.2) is 5.96 Å². The summed E-state index contributed by atoms with van der Waals surface area (Å²) in [5.74, 6) is 1.54. The van der Waals surface area contributed by atoms with Crippen LogP contribution in [-0.4, -0.2) is 49.5 Å². The molecule has 27 heavy (non-hydrogen) atoms. The summed E-state index contributed by atoms with van der Waals surface area (Å²) in [5, 5.41) is 16.9. The first-order valence-corrected chi connectivity index (χ1v) is 10.1. The number of rotatable bonds is 6. The van der Waals surface area contributed by atoms with Crippen LogP contribution >= 0.6 is 24.0 Å². The Kier molecular flexibility index (Phi) is 7.03. The van der Waals surface area contributed by atoms with Crippen molar-refractivity contribution in [2.24, 2.45) is 16.3 Å². The van der Waals surface area contributed by atoms with Gasteiger partial charge in [-0.15, -0.1) is 24.0 Å². The van der Waals surface area contributed by atoms with E-state index in [-0.39, 0.29) is 36.5 Å². The number of fused-ring (bicyclic) bond motifs is 2. The van der Waals surface area contributed by atoms with E-state index in [9.17, 15) is 5.11 Å². The highest BCUT2D eigenvalue weighted by atomic mass is 127. The number of hydrogen-bond acceptors (Lipinski definition) is 3. The Hall–Kier alpha value is -0.860. The third kappa shape index (κ3) is 3.85. The lowest BCUT2D eigenvalue weighted by molar-refractivity contribution is -0.171. The molecule has 0 amide bonds. The Morgan fingerprint density at radius 1 is 1.33 bits per heavy atom. The van der Waals surface area contributed by atoms with Gasteiger partial charge in [-0.05, 0) is 31.7 Å². The summed E-state index contributed by atoms with van der Waals surface area (Å²) in [7, 11) is 0. The summed E-state index contributed by atoms with van der Waals surface area (Å²) in [6.45, 7) is 4.53. The Morgan fingerprint density at radius 3 is 2.74 bits per heavy atom. The van der Waals surface area contributed by atoms with E-state index in [1.807, 2.05) is 18.2 Å². The van der Waals surface area contributed by atoms with Gasteiger partial charge in [0.2, 0.25) is 0 Å². The molecule has 2 aliphatic carbocycles. The first kappa shape index (κ1) is 20.9. The second kappa shape index (κ2) is 9.09. The number of benzene rings is 1. The summed E-state index contributed by atoms with van der Waals surface area (Å²) < 4.78 is 6.02. The molecule has 3 aliphatic rings. The Morgan fingerprint density at radius 2 is 2.11 bits per heavy atom. The first-order chi connectivity index (χ1) is 12.8. The molecule has 1 heterocycles. The number of aliphatic hydroxyl groups excluding tert-OH is 1. The number of ether oxygens (including phenoxy) is 1. The third-order valence-electron chi connectivity index (χ3n) is 6.63. The van der Waals surface area contributed by atoms with Gasteiger partial charge in [0.25, 0.3) is 0 Å². The van der Waals surface area contributed by atoms with E-state index in [0.717, 1.165) is 31.1 Å². The molecule has 4 unspecified atom stereocenters. The van der Waals surface area contributed by atoms with E-state index < -0.39 is 0 Å². The SMILES string of the molecule is CCNC(=NCC(CO)c1ccccc1)NC1C2CCOC2C12CCC2.I. The zero-order valence-corrected chi connectivity index (χ0v) is 18.4. The summed E-state index contributed by atoms with van der Waals surface area (Å²) in [6, 6.07) is 10.6. The molecule has 4 atom stereocenters. The van der Waals surface area contributed by atoms with Crippen LogP contribution in [0.4, 0.5) is 0 Å². The van der Waals surface area contributed by atoms with Gasteiger partial charge < -0.3 is 20.5 Å². The molecule has 1 spiro atoms. The predicted octanol–water partition coefficient (Wildman–Crippen LogP) is 2.89. The van der Waals surface area contributed by atoms with Crippen molar-refractivity contribution >= 4 is 29.9 Å². The summed E-state index contributed by atoms with van der Waals surface area (Å²) >= 11 is 0. The number of hydrogen-bond donors (Lipinski definition) is 3. The molecular formula is C21H32IN3O2. The fraction of sp³-hybridized carbons (Fsp3) is 0.667. The zero-order chi connectivity index (χ0) is 18.0. The maximum Gasteiger partial charge on any atom is 0.191 e. The highest BCUT2D eigenvalue weighted by Crippen LogP contribution is 2.62.